The molecular weight excluding hydrogens is 212 g/mol. The normalized spacial score (nSPS) is 10.8. The Kier molecular flexibility index (Phi) is 3.04. The fourth-order valence-electron chi connectivity index (χ4n) is 1.72. The molecule has 0 spiro atoms. The molecule has 0 aliphatic rings. The summed E-state index contributed by atoms with van der Waals surface area (Å²) in [6.45, 7) is 4.35. The molecule has 1 heterocycles. The Hall–Kier alpha value is -1.97. The fraction of sp³-hybridized carbons (Fsp3) is 0.308. The number of rotatable bonds is 3. The summed E-state index contributed by atoms with van der Waals surface area (Å²) in [5.74, 6) is 1.21. The van der Waals surface area contributed by atoms with Crippen LogP contribution in [0.3, 0.4) is 0 Å². The van der Waals surface area contributed by atoms with Crippen molar-refractivity contribution in [1.29, 1.82) is 0 Å². The van der Waals surface area contributed by atoms with E-state index in [-0.39, 0.29) is 0 Å². The van der Waals surface area contributed by atoms with Gasteiger partial charge in [0.2, 0.25) is 0 Å². The number of nitrogen functional groups attached to an aromatic ring is 1. The van der Waals surface area contributed by atoms with E-state index in [2.05, 4.69) is 36.4 Å². The molecule has 0 radical (unpaired) electrons. The van der Waals surface area contributed by atoms with Crippen LogP contribution in [0.25, 0.3) is 0 Å². The van der Waals surface area contributed by atoms with Gasteiger partial charge in [-0.3, -0.25) is 4.68 Å². The molecule has 0 amide bonds. The van der Waals surface area contributed by atoms with Gasteiger partial charge in [0.05, 0.1) is 5.69 Å². The lowest BCUT2D eigenvalue weighted by Crippen LogP contribution is -1.97. The molecule has 90 valence electrons. The van der Waals surface area contributed by atoms with E-state index in [1.54, 1.807) is 10.9 Å². The Labute approximate surface area is 101 Å². The predicted octanol–water partition coefficient (Wildman–Crippen LogP) is 2.87. The maximum atomic E-state index is 5.84. The molecule has 2 rings (SSSR count). The first-order valence-corrected chi connectivity index (χ1v) is 5.72. The lowest BCUT2D eigenvalue weighted by molar-refractivity contribution is 0.771. The van der Waals surface area contributed by atoms with Crippen molar-refractivity contribution in [2.45, 2.75) is 19.8 Å². The molecular formula is C13H18N4. The van der Waals surface area contributed by atoms with Crippen molar-refractivity contribution in [3.8, 4) is 0 Å². The largest absolute Gasteiger partial charge is 0.394 e. The van der Waals surface area contributed by atoms with Crippen LogP contribution in [0.1, 0.15) is 25.3 Å². The maximum Gasteiger partial charge on any atom is 0.175 e. The molecule has 0 aliphatic heterocycles. The number of anilines is 3. The van der Waals surface area contributed by atoms with Gasteiger partial charge < -0.3 is 11.1 Å². The summed E-state index contributed by atoms with van der Waals surface area (Å²) in [5.41, 5.74) is 8.81. The summed E-state index contributed by atoms with van der Waals surface area (Å²) in [7, 11) is 1.85. The van der Waals surface area contributed by atoms with Gasteiger partial charge in [0.1, 0.15) is 0 Å². The number of nitrogens with zero attached hydrogens (tertiary/aromatic N) is 2. The highest BCUT2D eigenvalue weighted by Gasteiger charge is 2.05. The summed E-state index contributed by atoms with van der Waals surface area (Å²) in [6, 6.07) is 8.30. The van der Waals surface area contributed by atoms with Crippen LogP contribution in [0.4, 0.5) is 17.2 Å². The first kappa shape index (κ1) is 11.5. The molecule has 4 nitrogen and oxygen atoms in total. The predicted molar refractivity (Wildman–Crippen MR) is 71.4 cm³/mol. The standard InChI is InChI=1S/C13H18N4/c1-9(2)10-5-4-6-11(7-10)15-13-12(14)8-17(3)16-13/h4-9H,14H2,1-3H3,(H,15,16). The molecule has 0 aliphatic carbocycles. The minimum atomic E-state index is 0.512. The van der Waals surface area contributed by atoms with Crippen LogP contribution >= 0.6 is 0 Å². The number of nitrogens with two attached hydrogens (primary N) is 1. The molecule has 1 aromatic carbocycles. The minimum absolute atomic E-state index is 0.512. The van der Waals surface area contributed by atoms with Gasteiger partial charge in [0, 0.05) is 18.9 Å². The van der Waals surface area contributed by atoms with Crippen LogP contribution < -0.4 is 11.1 Å². The van der Waals surface area contributed by atoms with Gasteiger partial charge in [-0.15, -0.1) is 0 Å². The second-order valence-corrected chi connectivity index (χ2v) is 4.51. The monoisotopic (exact) mass is 230 g/mol. The fourth-order valence-corrected chi connectivity index (χ4v) is 1.72. The zero-order valence-corrected chi connectivity index (χ0v) is 10.4. The van der Waals surface area contributed by atoms with E-state index in [0.717, 1.165) is 5.69 Å². The Morgan fingerprint density at radius 2 is 2.12 bits per heavy atom. The number of hydrogen-bond acceptors (Lipinski definition) is 3. The zero-order chi connectivity index (χ0) is 12.4. The third-order valence-electron chi connectivity index (χ3n) is 2.67. The topological polar surface area (TPSA) is 55.9 Å². The molecule has 0 atom stereocenters. The highest BCUT2D eigenvalue weighted by Crippen LogP contribution is 2.23. The van der Waals surface area contributed by atoms with Gasteiger partial charge in [-0.2, -0.15) is 5.10 Å². The molecule has 0 saturated heterocycles. The second kappa shape index (κ2) is 4.49. The van der Waals surface area contributed by atoms with E-state index < -0.39 is 0 Å². The third-order valence-corrected chi connectivity index (χ3v) is 2.67. The van der Waals surface area contributed by atoms with Gasteiger partial charge in [-0.1, -0.05) is 26.0 Å². The van der Waals surface area contributed by atoms with Crippen molar-refractivity contribution in [3.05, 3.63) is 36.0 Å². The summed E-state index contributed by atoms with van der Waals surface area (Å²) in [4.78, 5) is 0. The van der Waals surface area contributed by atoms with Gasteiger partial charge in [0.15, 0.2) is 5.82 Å². The van der Waals surface area contributed by atoms with Crippen molar-refractivity contribution in [3.63, 3.8) is 0 Å². The van der Waals surface area contributed by atoms with Gasteiger partial charge >= 0.3 is 0 Å². The van der Waals surface area contributed by atoms with Crippen LogP contribution in [0.15, 0.2) is 30.5 Å². The van der Waals surface area contributed by atoms with Crippen molar-refractivity contribution in [2.75, 3.05) is 11.1 Å². The number of aromatic nitrogens is 2. The highest BCUT2D eigenvalue weighted by atomic mass is 15.3. The summed E-state index contributed by atoms with van der Waals surface area (Å²) < 4.78 is 1.70. The summed E-state index contributed by atoms with van der Waals surface area (Å²) in [5, 5.41) is 7.49. The van der Waals surface area contributed by atoms with E-state index in [0.29, 0.717) is 17.4 Å². The molecule has 0 fully saturated rings. The number of aryl methyl sites for hydroxylation is 1. The van der Waals surface area contributed by atoms with Crippen molar-refractivity contribution in [1.82, 2.24) is 9.78 Å². The molecule has 2 aromatic rings. The van der Waals surface area contributed by atoms with Gasteiger partial charge in [-0.05, 0) is 23.6 Å². The second-order valence-electron chi connectivity index (χ2n) is 4.51. The number of benzene rings is 1. The average molecular weight is 230 g/mol. The minimum Gasteiger partial charge on any atom is -0.394 e. The average Bonchev–Trinajstić information content (AvgIpc) is 2.58. The maximum absolute atomic E-state index is 5.84. The Morgan fingerprint density at radius 3 is 2.71 bits per heavy atom. The van der Waals surface area contributed by atoms with Crippen LogP contribution in [-0.2, 0) is 7.05 Å². The number of nitrogens with one attached hydrogen (secondary N) is 1. The van der Waals surface area contributed by atoms with Crippen LogP contribution in [0.2, 0.25) is 0 Å². The quantitative estimate of drug-likeness (QED) is 0.852. The first-order chi connectivity index (χ1) is 8.06. The van der Waals surface area contributed by atoms with Gasteiger partial charge in [-0.25, -0.2) is 0 Å². The molecule has 3 N–H and O–H groups in total. The molecule has 0 bridgehead atoms. The number of hydrogen-bond donors (Lipinski definition) is 2. The highest BCUT2D eigenvalue weighted by molar-refractivity contribution is 5.68. The van der Waals surface area contributed by atoms with E-state index in [1.807, 2.05) is 19.2 Å². The molecule has 17 heavy (non-hydrogen) atoms. The van der Waals surface area contributed by atoms with E-state index in [1.165, 1.54) is 5.56 Å². The Bertz CT molecular complexity index is 514. The van der Waals surface area contributed by atoms with Crippen molar-refractivity contribution in [2.24, 2.45) is 7.05 Å². The third kappa shape index (κ3) is 2.58. The SMILES string of the molecule is CC(C)c1cccc(Nc2nn(C)cc2N)c1. The van der Waals surface area contributed by atoms with E-state index >= 15 is 0 Å². The van der Waals surface area contributed by atoms with Crippen LogP contribution in [0.5, 0.6) is 0 Å². The van der Waals surface area contributed by atoms with E-state index in [4.69, 9.17) is 5.73 Å². The smallest absolute Gasteiger partial charge is 0.175 e. The molecule has 0 saturated carbocycles. The summed E-state index contributed by atoms with van der Waals surface area (Å²) >= 11 is 0. The summed E-state index contributed by atoms with van der Waals surface area (Å²) in [6.07, 6.45) is 1.79. The van der Waals surface area contributed by atoms with Crippen LogP contribution in [0, 0.1) is 0 Å². The lowest BCUT2D eigenvalue weighted by Gasteiger charge is -2.09. The molecule has 1 aromatic heterocycles. The van der Waals surface area contributed by atoms with Crippen molar-refractivity contribution >= 4 is 17.2 Å². The molecule has 4 heteroatoms. The Morgan fingerprint density at radius 1 is 1.35 bits per heavy atom. The zero-order valence-electron chi connectivity index (χ0n) is 10.4. The van der Waals surface area contributed by atoms with Gasteiger partial charge in [0.25, 0.3) is 0 Å². The van der Waals surface area contributed by atoms with E-state index in [9.17, 15) is 0 Å². The lowest BCUT2D eigenvalue weighted by atomic mass is 10.0. The molecule has 0 unspecified atom stereocenters. The van der Waals surface area contributed by atoms with Crippen LogP contribution in [-0.4, -0.2) is 9.78 Å². The first-order valence-electron chi connectivity index (χ1n) is 5.72. The Balaban J connectivity index is 2.24. The van der Waals surface area contributed by atoms with Crippen molar-refractivity contribution < 1.29 is 0 Å².